The summed E-state index contributed by atoms with van der Waals surface area (Å²) in [6.45, 7) is 9.25. The summed E-state index contributed by atoms with van der Waals surface area (Å²) >= 11 is 0. The quantitative estimate of drug-likeness (QED) is 0.880. The zero-order valence-corrected chi connectivity index (χ0v) is 12.8. The third-order valence-electron chi connectivity index (χ3n) is 4.28. The molecule has 2 fully saturated rings. The molecular weight excluding hydrogens is 266 g/mol. The van der Waals surface area contributed by atoms with Crippen LogP contribution in [-0.4, -0.2) is 66.8 Å². The van der Waals surface area contributed by atoms with E-state index in [0.717, 1.165) is 64.1 Å². The van der Waals surface area contributed by atoms with Gasteiger partial charge >= 0.3 is 0 Å². The molecule has 116 valence electrons. The van der Waals surface area contributed by atoms with Gasteiger partial charge in [-0.3, -0.25) is 0 Å². The molecule has 2 aliphatic rings. The van der Waals surface area contributed by atoms with Gasteiger partial charge in [-0.1, -0.05) is 6.92 Å². The van der Waals surface area contributed by atoms with Gasteiger partial charge in [0, 0.05) is 45.5 Å². The van der Waals surface area contributed by atoms with Crippen LogP contribution in [0.25, 0.3) is 0 Å². The van der Waals surface area contributed by atoms with E-state index in [9.17, 15) is 0 Å². The maximum Gasteiger partial charge on any atom is 0.227 e. The number of nitrogens with one attached hydrogen (secondary N) is 1. The van der Waals surface area contributed by atoms with Crippen molar-refractivity contribution in [2.45, 2.75) is 25.9 Å². The minimum absolute atomic E-state index is 0.330. The smallest absolute Gasteiger partial charge is 0.227 e. The highest BCUT2D eigenvalue weighted by atomic mass is 16.5. The van der Waals surface area contributed by atoms with Crippen molar-refractivity contribution in [3.8, 4) is 0 Å². The van der Waals surface area contributed by atoms with Gasteiger partial charge < -0.3 is 19.9 Å². The fraction of sp³-hybridized carbons (Fsp3) is 0.733. The van der Waals surface area contributed by atoms with Crippen molar-refractivity contribution in [1.82, 2.24) is 14.9 Å². The molecule has 2 saturated heterocycles. The summed E-state index contributed by atoms with van der Waals surface area (Å²) in [5.74, 6) is 1.73. The van der Waals surface area contributed by atoms with E-state index in [-0.39, 0.29) is 0 Å². The van der Waals surface area contributed by atoms with Gasteiger partial charge in [-0.05, 0) is 25.5 Å². The number of piperazine rings is 1. The van der Waals surface area contributed by atoms with Crippen LogP contribution in [-0.2, 0) is 4.74 Å². The van der Waals surface area contributed by atoms with Crippen molar-refractivity contribution in [2.75, 3.05) is 56.1 Å². The van der Waals surface area contributed by atoms with Crippen LogP contribution in [0, 0.1) is 0 Å². The minimum atomic E-state index is 0.330. The summed E-state index contributed by atoms with van der Waals surface area (Å²) in [6, 6.07) is 1.93. The molecule has 3 rings (SSSR count). The number of anilines is 2. The molecule has 1 aromatic rings. The molecule has 1 atom stereocenters. The summed E-state index contributed by atoms with van der Waals surface area (Å²) in [5, 5.41) is 3.37. The van der Waals surface area contributed by atoms with Gasteiger partial charge in [0.1, 0.15) is 5.82 Å². The normalized spacial score (nSPS) is 23.5. The second-order valence-electron chi connectivity index (χ2n) is 5.68. The standard InChI is InChI=1S/C15H25N5O/c1-2-19-7-9-20(10-8-19)15-16-6-5-14(18-15)17-12-13-4-3-11-21-13/h5-6,13H,2-4,7-12H2,1H3,(H,16,17,18). The summed E-state index contributed by atoms with van der Waals surface area (Å²) in [4.78, 5) is 13.8. The predicted molar refractivity (Wildman–Crippen MR) is 83.8 cm³/mol. The number of rotatable bonds is 5. The fourth-order valence-electron chi connectivity index (χ4n) is 2.89. The largest absolute Gasteiger partial charge is 0.376 e. The average molecular weight is 291 g/mol. The lowest BCUT2D eigenvalue weighted by atomic mass is 10.2. The Morgan fingerprint density at radius 2 is 2.19 bits per heavy atom. The second-order valence-corrected chi connectivity index (χ2v) is 5.68. The Labute approximate surface area is 126 Å². The van der Waals surface area contributed by atoms with E-state index in [2.05, 4.69) is 32.0 Å². The minimum Gasteiger partial charge on any atom is -0.376 e. The molecular formula is C15H25N5O. The first-order valence-corrected chi connectivity index (χ1v) is 8.01. The van der Waals surface area contributed by atoms with E-state index in [4.69, 9.17) is 4.74 Å². The van der Waals surface area contributed by atoms with Gasteiger partial charge in [-0.15, -0.1) is 0 Å². The Hall–Kier alpha value is -1.40. The van der Waals surface area contributed by atoms with Crippen molar-refractivity contribution in [3.05, 3.63) is 12.3 Å². The first kappa shape index (κ1) is 14.5. The van der Waals surface area contributed by atoms with Crippen LogP contribution in [0.1, 0.15) is 19.8 Å². The predicted octanol–water partition coefficient (Wildman–Crippen LogP) is 1.21. The van der Waals surface area contributed by atoms with E-state index < -0.39 is 0 Å². The first-order chi connectivity index (χ1) is 10.3. The van der Waals surface area contributed by atoms with Crippen molar-refractivity contribution < 1.29 is 4.74 Å². The lowest BCUT2D eigenvalue weighted by Crippen LogP contribution is -2.46. The van der Waals surface area contributed by atoms with E-state index >= 15 is 0 Å². The average Bonchev–Trinajstić information content (AvgIpc) is 3.07. The van der Waals surface area contributed by atoms with Crippen LogP contribution < -0.4 is 10.2 Å². The zero-order chi connectivity index (χ0) is 14.5. The number of ether oxygens (including phenoxy) is 1. The maximum atomic E-state index is 5.62. The lowest BCUT2D eigenvalue weighted by Gasteiger charge is -2.34. The topological polar surface area (TPSA) is 53.5 Å². The molecule has 0 amide bonds. The van der Waals surface area contributed by atoms with Crippen LogP contribution in [0.5, 0.6) is 0 Å². The van der Waals surface area contributed by atoms with Gasteiger partial charge in [-0.25, -0.2) is 4.98 Å². The van der Waals surface area contributed by atoms with Crippen LogP contribution in [0.4, 0.5) is 11.8 Å². The van der Waals surface area contributed by atoms with Crippen LogP contribution >= 0.6 is 0 Å². The van der Waals surface area contributed by atoms with Crippen molar-refractivity contribution >= 4 is 11.8 Å². The van der Waals surface area contributed by atoms with E-state index in [1.807, 2.05) is 12.3 Å². The summed E-state index contributed by atoms with van der Waals surface area (Å²) in [6.07, 6.45) is 4.48. The number of aromatic nitrogens is 2. The molecule has 0 saturated carbocycles. The number of nitrogens with zero attached hydrogens (tertiary/aromatic N) is 4. The molecule has 0 radical (unpaired) electrons. The van der Waals surface area contributed by atoms with Crippen molar-refractivity contribution in [3.63, 3.8) is 0 Å². The Bertz CT molecular complexity index is 441. The summed E-state index contributed by atoms with van der Waals surface area (Å²) < 4.78 is 5.62. The molecule has 0 bridgehead atoms. The molecule has 0 spiro atoms. The summed E-state index contributed by atoms with van der Waals surface area (Å²) in [5.41, 5.74) is 0. The Balaban J connectivity index is 1.55. The highest BCUT2D eigenvalue weighted by Crippen LogP contribution is 2.15. The molecule has 6 heteroatoms. The van der Waals surface area contributed by atoms with Gasteiger partial charge in [0.05, 0.1) is 6.10 Å². The van der Waals surface area contributed by atoms with Crippen LogP contribution in [0.3, 0.4) is 0 Å². The Morgan fingerprint density at radius 3 is 2.90 bits per heavy atom. The lowest BCUT2D eigenvalue weighted by molar-refractivity contribution is 0.120. The van der Waals surface area contributed by atoms with Crippen molar-refractivity contribution in [1.29, 1.82) is 0 Å². The van der Waals surface area contributed by atoms with Gasteiger partial charge in [0.2, 0.25) is 5.95 Å². The monoisotopic (exact) mass is 291 g/mol. The highest BCUT2D eigenvalue weighted by molar-refractivity contribution is 5.41. The SMILES string of the molecule is CCN1CCN(c2nccc(NCC3CCCO3)n2)CC1. The molecule has 1 N–H and O–H groups in total. The molecule has 0 aromatic carbocycles. The van der Waals surface area contributed by atoms with E-state index in [1.54, 1.807) is 0 Å². The molecule has 1 aromatic heterocycles. The maximum absolute atomic E-state index is 5.62. The van der Waals surface area contributed by atoms with Gasteiger partial charge in [-0.2, -0.15) is 4.98 Å². The molecule has 0 aliphatic carbocycles. The Kier molecular flexibility index (Phi) is 4.87. The van der Waals surface area contributed by atoms with Gasteiger partial charge in [0.15, 0.2) is 0 Å². The second kappa shape index (κ2) is 7.04. The van der Waals surface area contributed by atoms with E-state index in [0.29, 0.717) is 6.10 Å². The molecule has 3 heterocycles. The van der Waals surface area contributed by atoms with Crippen molar-refractivity contribution in [2.24, 2.45) is 0 Å². The fourth-order valence-corrected chi connectivity index (χ4v) is 2.89. The Morgan fingerprint density at radius 1 is 1.33 bits per heavy atom. The van der Waals surface area contributed by atoms with Crippen LogP contribution in [0.15, 0.2) is 12.3 Å². The third-order valence-corrected chi connectivity index (χ3v) is 4.28. The van der Waals surface area contributed by atoms with Gasteiger partial charge in [0.25, 0.3) is 0 Å². The van der Waals surface area contributed by atoms with E-state index in [1.165, 1.54) is 6.42 Å². The third kappa shape index (κ3) is 3.83. The number of hydrogen-bond donors (Lipinski definition) is 1. The molecule has 21 heavy (non-hydrogen) atoms. The summed E-state index contributed by atoms with van der Waals surface area (Å²) in [7, 11) is 0. The first-order valence-electron chi connectivity index (χ1n) is 8.01. The highest BCUT2D eigenvalue weighted by Gasteiger charge is 2.18. The zero-order valence-electron chi connectivity index (χ0n) is 12.8. The molecule has 6 nitrogen and oxygen atoms in total. The number of hydrogen-bond acceptors (Lipinski definition) is 6. The number of likely N-dealkylation sites (N-methyl/N-ethyl adjacent to an activating group) is 1. The van der Waals surface area contributed by atoms with Crippen LogP contribution in [0.2, 0.25) is 0 Å². The molecule has 2 aliphatic heterocycles. The molecule has 1 unspecified atom stereocenters.